The van der Waals surface area contributed by atoms with Gasteiger partial charge in [0.2, 0.25) is 5.91 Å². The monoisotopic (exact) mass is 290 g/mol. The van der Waals surface area contributed by atoms with Gasteiger partial charge in [-0.25, -0.2) is 0 Å². The maximum atomic E-state index is 12.5. The Labute approximate surface area is 127 Å². The van der Waals surface area contributed by atoms with E-state index in [1.807, 2.05) is 6.07 Å². The van der Waals surface area contributed by atoms with Gasteiger partial charge in [-0.3, -0.25) is 4.79 Å². The van der Waals surface area contributed by atoms with E-state index in [0.29, 0.717) is 6.61 Å². The van der Waals surface area contributed by atoms with Crippen LogP contribution in [-0.4, -0.2) is 39.3 Å². The van der Waals surface area contributed by atoms with Crippen molar-refractivity contribution >= 4 is 5.91 Å². The van der Waals surface area contributed by atoms with Crippen molar-refractivity contribution in [2.75, 3.05) is 33.4 Å². The van der Waals surface area contributed by atoms with Gasteiger partial charge in [0.1, 0.15) is 0 Å². The lowest BCUT2D eigenvalue weighted by Gasteiger charge is -2.35. The van der Waals surface area contributed by atoms with Crippen molar-refractivity contribution < 1.29 is 9.53 Å². The molecule has 0 unspecified atom stereocenters. The molecule has 1 heterocycles. The molecule has 2 N–H and O–H groups in total. The number of hydrogen-bond acceptors (Lipinski definition) is 3. The molecule has 0 aromatic heterocycles. The second kappa shape index (κ2) is 8.15. The van der Waals surface area contributed by atoms with Gasteiger partial charge in [-0.2, -0.15) is 0 Å². The van der Waals surface area contributed by atoms with Gasteiger partial charge in [0.25, 0.3) is 0 Å². The number of ether oxygens (including phenoxy) is 1. The first kappa shape index (κ1) is 16.0. The molecule has 1 saturated heterocycles. The lowest BCUT2D eigenvalue weighted by atomic mass is 9.78. The van der Waals surface area contributed by atoms with Crippen LogP contribution in [0.1, 0.15) is 24.8 Å². The van der Waals surface area contributed by atoms with E-state index < -0.39 is 0 Å². The summed E-state index contributed by atoms with van der Waals surface area (Å²) in [5.41, 5.74) is 0.979. The van der Waals surface area contributed by atoms with E-state index in [1.54, 1.807) is 7.11 Å². The molecule has 4 nitrogen and oxygen atoms in total. The highest BCUT2D eigenvalue weighted by molar-refractivity contribution is 5.83. The van der Waals surface area contributed by atoms with Gasteiger partial charge < -0.3 is 15.4 Å². The van der Waals surface area contributed by atoms with Crippen molar-refractivity contribution in [2.24, 2.45) is 5.41 Å². The molecular formula is C17H26N2O2. The zero-order chi connectivity index (χ0) is 15.0. The molecule has 1 aromatic rings. The number of rotatable bonds is 7. The normalized spacial score (nSPS) is 17.4. The SMILES string of the molecule is COCC1(C(=O)NCCCc2ccccc2)CCNCC1. The molecule has 0 atom stereocenters. The number of hydrogen-bond donors (Lipinski definition) is 2. The van der Waals surface area contributed by atoms with Crippen LogP contribution in [0.4, 0.5) is 0 Å². The van der Waals surface area contributed by atoms with Crippen LogP contribution in [0.25, 0.3) is 0 Å². The molecule has 0 aliphatic carbocycles. The predicted molar refractivity (Wildman–Crippen MR) is 84.2 cm³/mol. The third-order valence-corrected chi connectivity index (χ3v) is 4.23. The topological polar surface area (TPSA) is 50.4 Å². The first-order valence-electron chi connectivity index (χ1n) is 7.79. The van der Waals surface area contributed by atoms with Gasteiger partial charge in [-0.1, -0.05) is 30.3 Å². The highest BCUT2D eigenvalue weighted by atomic mass is 16.5. The number of piperidine rings is 1. The molecule has 21 heavy (non-hydrogen) atoms. The third-order valence-electron chi connectivity index (χ3n) is 4.23. The summed E-state index contributed by atoms with van der Waals surface area (Å²) in [7, 11) is 1.67. The number of carbonyl (C=O) groups is 1. The van der Waals surface area contributed by atoms with E-state index in [0.717, 1.165) is 45.3 Å². The quantitative estimate of drug-likeness (QED) is 0.752. The maximum absolute atomic E-state index is 12.5. The molecule has 0 radical (unpaired) electrons. The van der Waals surface area contributed by atoms with Crippen molar-refractivity contribution in [3.63, 3.8) is 0 Å². The summed E-state index contributed by atoms with van der Waals surface area (Å²) in [6.07, 6.45) is 3.67. The fourth-order valence-corrected chi connectivity index (χ4v) is 2.95. The van der Waals surface area contributed by atoms with Gasteiger partial charge in [-0.05, 0) is 44.3 Å². The van der Waals surface area contributed by atoms with Crippen LogP contribution < -0.4 is 10.6 Å². The summed E-state index contributed by atoms with van der Waals surface area (Å²) in [6, 6.07) is 10.4. The summed E-state index contributed by atoms with van der Waals surface area (Å²) in [5.74, 6) is 0.152. The van der Waals surface area contributed by atoms with Crippen LogP contribution in [0.5, 0.6) is 0 Å². The van der Waals surface area contributed by atoms with Gasteiger partial charge in [-0.15, -0.1) is 0 Å². The standard InChI is InChI=1S/C17H26N2O2/c1-21-14-17(9-12-18-13-10-17)16(20)19-11-5-8-15-6-3-2-4-7-15/h2-4,6-7,18H,5,8-14H2,1H3,(H,19,20). The van der Waals surface area contributed by atoms with E-state index in [9.17, 15) is 4.79 Å². The van der Waals surface area contributed by atoms with Gasteiger partial charge in [0.05, 0.1) is 12.0 Å². The number of aryl methyl sites for hydroxylation is 1. The number of methoxy groups -OCH3 is 1. The Morgan fingerprint density at radius 1 is 1.29 bits per heavy atom. The zero-order valence-corrected chi connectivity index (χ0v) is 12.9. The molecule has 0 saturated carbocycles. The molecule has 0 spiro atoms. The predicted octanol–water partition coefficient (Wildman–Crippen LogP) is 1.75. The van der Waals surface area contributed by atoms with E-state index in [4.69, 9.17) is 4.74 Å². The molecule has 1 aliphatic rings. The minimum atomic E-state index is -0.341. The Balaban J connectivity index is 1.77. The fraction of sp³-hybridized carbons (Fsp3) is 0.588. The summed E-state index contributed by atoms with van der Waals surface area (Å²) in [5, 5.41) is 6.41. The second-order valence-electron chi connectivity index (χ2n) is 5.81. The molecule has 4 heteroatoms. The van der Waals surface area contributed by atoms with Crippen molar-refractivity contribution in [3.05, 3.63) is 35.9 Å². The largest absolute Gasteiger partial charge is 0.384 e. The Morgan fingerprint density at radius 2 is 2.00 bits per heavy atom. The van der Waals surface area contributed by atoms with E-state index in [-0.39, 0.29) is 11.3 Å². The fourth-order valence-electron chi connectivity index (χ4n) is 2.95. The molecule has 1 aromatic carbocycles. The van der Waals surface area contributed by atoms with E-state index in [1.165, 1.54) is 5.56 Å². The van der Waals surface area contributed by atoms with E-state index >= 15 is 0 Å². The van der Waals surface area contributed by atoms with Crippen LogP contribution >= 0.6 is 0 Å². The molecule has 116 valence electrons. The average Bonchev–Trinajstić information content (AvgIpc) is 2.53. The smallest absolute Gasteiger partial charge is 0.228 e. The average molecular weight is 290 g/mol. The minimum absolute atomic E-state index is 0.152. The summed E-state index contributed by atoms with van der Waals surface area (Å²) in [4.78, 5) is 12.5. The summed E-state index contributed by atoms with van der Waals surface area (Å²) < 4.78 is 5.29. The minimum Gasteiger partial charge on any atom is -0.384 e. The first-order chi connectivity index (χ1) is 10.3. The zero-order valence-electron chi connectivity index (χ0n) is 12.9. The molecule has 0 bridgehead atoms. The Bertz CT molecular complexity index is 422. The maximum Gasteiger partial charge on any atom is 0.228 e. The van der Waals surface area contributed by atoms with Crippen LogP contribution in [0.15, 0.2) is 30.3 Å². The number of carbonyl (C=O) groups excluding carboxylic acids is 1. The summed E-state index contributed by atoms with van der Waals surface area (Å²) in [6.45, 7) is 3.02. The van der Waals surface area contributed by atoms with Crippen LogP contribution in [0.2, 0.25) is 0 Å². The third kappa shape index (κ3) is 4.55. The van der Waals surface area contributed by atoms with Crippen molar-refractivity contribution in [1.29, 1.82) is 0 Å². The van der Waals surface area contributed by atoms with Gasteiger partial charge in [0, 0.05) is 13.7 Å². The highest BCUT2D eigenvalue weighted by Gasteiger charge is 2.39. The van der Waals surface area contributed by atoms with Crippen LogP contribution in [0.3, 0.4) is 0 Å². The molecule has 1 fully saturated rings. The van der Waals surface area contributed by atoms with Crippen molar-refractivity contribution in [1.82, 2.24) is 10.6 Å². The molecule has 1 aliphatic heterocycles. The lowest BCUT2D eigenvalue weighted by molar-refractivity contribution is -0.136. The number of benzene rings is 1. The Morgan fingerprint density at radius 3 is 2.67 bits per heavy atom. The van der Waals surface area contributed by atoms with E-state index in [2.05, 4.69) is 34.9 Å². The molecular weight excluding hydrogens is 264 g/mol. The number of amides is 1. The molecule has 1 amide bonds. The Hall–Kier alpha value is -1.39. The highest BCUT2D eigenvalue weighted by Crippen LogP contribution is 2.29. The lowest BCUT2D eigenvalue weighted by Crippen LogP contribution is -2.50. The van der Waals surface area contributed by atoms with Crippen LogP contribution in [0, 0.1) is 5.41 Å². The molecule has 2 rings (SSSR count). The first-order valence-corrected chi connectivity index (χ1v) is 7.79. The van der Waals surface area contributed by atoms with Crippen molar-refractivity contribution in [3.8, 4) is 0 Å². The second-order valence-corrected chi connectivity index (χ2v) is 5.81. The van der Waals surface area contributed by atoms with Crippen LogP contribution in [-0.2, 0) is 16.0 Å². The Kier molecular flexibility index (Phi) is 6.21. The van der Waals surface area contributed by atoms with Gasteiger partial charge in [0.15, 0.2) is 0 Å². The van der Waals surface area contributed by atoms with Crippen molar-refractivity contribution in [2.45, 2.75) is 25.7 Å². The van der Waals surface area contributed by atoms with Gasteiger partial charge >= 0.3 is 0 Å². The summed E-state index contributed by atoms with van der Waals surface area (Å²) >= 11 is 0. The number of nitrogens with one attached hydrogen (secondary N) is 2.